The van der Waals surface area contributed by atoms with E-state index in [0.717, 1.165) is 60.3 Å². The molecule has 0 fully saturated rings. The van der Waals surface area contributed by atoms with Gasteiger partial charge in [-0.25, -0.2) is 4.98 Å². The second kappa shape index (κ2) is 7.84. The van der Waals surface area contributed by atoms with E-state index >= 15 is 0 Å². The van der Waals surface area contributed by atoms with Crippen LogP contribution in [0.25, 0.3) is 33.6 Å². The third-order valence-corrected chi connectivity index (χ3v) is 6.00. The van der Waals surface area contributed by atoms with Crippen molar-refractivity contribution in [3.63, 3.8) is 0 Å². The predicted octanol–water partition coefficient (Wildman–Crippen LogP) is 5.10. The Balaban J connectivity index is 1.62. The Morgan fingerprint density at radius 3 is 2.71 bits per heavy atom. The van der Waals surface area contributed by atoms with Crippen LogP contribution in [-0.4, -0.2) is 32.5 Å². The normalized spacial score (nSPS) is 13.3. The van der Waals surface area contributed by atoms with Crippen LogP contribution in [0, 0.1) is 0 Å². The van der Waals surface area contributed by atoms with Crippen molar-refractivity contribution in [3.8, 4) is 11.4 Å². The summed E-state index contributed by atoms with van der Waals surface area (Å²) in [7, 11) is 0. The molecule has 0 radical (unpaired) electrons. The van der Waals surface area contributed by atoms with E-state index in [1.54, 1.807) is 0 Å². The highest BCUT2D eigenvalue weighted by Crippen LogP contribution is 2.34. The topological polar surface area (TPSA) is 48.9 Å². The van der Waals surface area contributed by atoms with E-state index in [2.05, 4.69) is 88.4 Å². The van der Waals surface area contributed by atoms with Crippen molar-refractivity contribution in [2.75, 3.05) is 13.1 Å². The van der Waals surface area contributed by atoms with Gasteiger partial charge in [-0.1, -0.05) is 55.6 Å². The molecule has 5 rings (SSSR count). The summed E-state index contributed by atoms with van der Waals surface area (Å²) >= 11 is 0. The zero-order chi connectivity index (χ0) is 21.4. The van der Waals surface area contributed by atoms with E-state index in [9.17, 15) is 0 Å². The second-order valence-corrected chi connectivity index (χ2v) is 7.87. The maximum atomic E-state index is 5.12. The predicted molar refractivity (Wildman–Crippen MR) is 128 cm³/mol. The molecule has 1 aliphatic heterocycles. The molecule has 2 aromatic carbocycles. The lowest BCUT2D eigenvalue weighted by Crippen LogP contribution is -2.33. The van der Waals surface area contributed by atoms with E-state index < -0.39 is 0 Å². The number of benzene rings is 2. The van der Waals surface area contributed by atoms with Crippen molar-refractivity contribution in [3.05, 3.63) is 91.0 Å². The van der Waals surface area contributed by atoms with Gasteiger partial charge in [-0.05, 0) is 29.8 Å². The lowest BCUT2D eigenvalue weighted by atomic mass is 10.0. The monoisotopic (exact) mass is 409 g/mol. The molecule has 0 saturated heterocycles. The molecule has 0 amide bonds. The van der Waals surface area contributed by atoms with Crippen molar-refractivity contribution >= 4 is 22.2 Å². The van der Waals surface area contributed by atoms with E-state index in [1.165, 1.54) is 16.5 Å². The molecule has 0 spiro atoms. The molecule has 3 heterocycles. The number of aromatic nitrogens is 3. The molecule has 0 bridgehead atoms. The first-order chi connectivity index (χ1) is 15.2. The van der Waals surface area contributed by atoms with Gasteiger partial charge in [-0.3, -0.25) is 0 Å². The minimum absolute atomic E-state index is 0.745. The first kappa shape index (κ1) is 19.2. The van der Waals surface area contributed by atoms with Crippen LogP contribution < -0.4 is 5.32 Å². The van der Waals surface area contributed by atoms with Gasteiger partial charge in [-0.15, -0.1) is 0 Å². The van der Waals surface area contributed by atoms with Crippen molar-refractivity contribution in [1.82, 2.24) is 24.8 Å². The molecule has 156 valence electrons. The van der Waals surface area contributed by atoms with Crippen LogP contribution in [0.5, 0.6) is 0 Å². The number of hydrogen-bond acceptors (Lipinski definition) is 3. The molecule has 31 heavy (non-hydrogen) atoms. The van der Waals surface area contributed by atoms with Crippen molar-refractivity contribution < 1.29 is 0 Å². The summed E-state index contributed by atoms with van der Waals surface area (Å²) in [6, 6.07) is 19.0. The number of hydrogen-bond donors (Lipinski definition) is 2. The Labute approximate surface area is 182 Å². The molecule has 0 saturated carbocycles. The van der Waals surface area contributed by atoms with Gasteiger partial charge >= 0.3 is 0 Å². The number of H-pyrrole nitrogens is 1. The Bertz CT molecular complexity index is 1260. The highest BCUT2D eigenvalue weighted by atomic mass is 15.2. The minimum Gasteiger partial charge on any atom is -0.384 e. The van der Waals surface area contributed by atoms with E-state index in [1.807, 2.05) is 12.3 Å². The van der Waals surface area contributed by atoms with E-state index in [0.29, 0.717) is 0 Å². The molecule has 2 N–H and O–H groups in total. The number of nitrogens with zero attached hydrogens (tertiary/aromatic N) is 3. The van der Waals surface area contributed by atoms with Gasteiger partial charge in [0.2, 0.25) is 0 Å². The van der Waals surface area contributed by atoms with Gasteiger partial charge < -0.3 is 19.8 Å². The minimum atomic E-state index is 0.745. The van der Waals surface area contributed by atoms with Gasteiger partial charge in [0.25, 0.3) is 0 Å². The molecular formula is C26H27N5. The Kier molecular flexibility index (Phi) is 4.86. The molecule has 0 unspecified atom stereocenters. The summed E-state index contributed by atoms with van der Waals surface area (Å²) in [4.78, 5) is 10.7. The summed E-state index contributed by atoms with van der Waals surface area (Å²) in [6.45, 7) is 14.0. The molecule has 4 aromatic rings. The van der Waals surface area contributed by atoms with E-state index in [-0.39, 0.29) is 0 Å². The molecular weight excluding hydrogens is 382 g/mol. The van der Waals surface area contributed by atoms with Crippen LogP contribution in [0.4, 0.5) is 0 Å². The number of nitrogens with one attached hydrogen (secondary N) is 2. The van der Waals surface area contributed by atoms with Crippen molar-refractivity contribution in [2.45, 2.75) is 20.0 Å². The summed E-state index contributed by atoms with van der Waals surface area (Å²) in [5.74, 6) is 1.01. The largest absolute Gasteiger partial charge is 0.384 e. The Morgan fingerprint density at radius 1 is 1.06 bits per heavy atom. The summed E-state index contributed by atoms with van der Waals surface area (Å²) in [5, 5.41) is 5.81. The van der Waals surface area contributed by atoms with Crippen molar-refractivity contribution in [2.24, 2.45) is 0 Å². The highest BCUT2D eigenvalue weighted by molar-refractivity contribution is 5.95. The van der Waals surface area contributed by atoms with Crippen LogP contribution in [-0.2, 0) is 13.1 Å². The van der Waals surface area contributed by atoms with Crippen LogP contribution in [0.15, 0.2) is 74.0 Å². The molecule has 0 atom stereocenters. The number of rotatable bonds is 6. The zero-order valence-corrected chi connectivity index (χ0v) is 17.9. The maximum absolute atomic E-state index is 5.12. The van der Waals surface area contributed by atoms with Gasteiger partial charge in [-0.2, -0.15) is 0 Å². The average molecular weight is 410 g/mol. The first-order valence-corrected chi connectivity index (χ1v) is 10.8. The Hall–Kier alpha value is -3.73. The molecule has 2 aromatic heterocycles. The number of fused-ring (bicyclic) bond motifs is 2. The first-order valence-electron chi connectivity index (χ1n) is 10.8. The molecule has 5 nitrogen and oxygen atoms in total. The molecule has 0 aliphatic carbocycles. The van der Waals surface area contributed by atoms with E-state index in [4.69, 9.17) is 4.98 Å². The van der Waals surface area contributed by atoms with Crippen molar-refractivity contribution in [1.29, 1.82) is 0 Å². The standard InChI is InChI=1S/C26H27N5/c1-4-27-18(2)25-24-17-30(19(3)23-13-8-14-28-23)15-16-31(24)26(29-25)22-12-7-10-20-9-5-6-11-21(20)22/h5-14,27-28H,2-4,15-17H2,1H3. The van der Waals surface area contributed by atoms with Gasteiger partial charge in [0, 0.05) is 31.4 Å². The zero-order valence-electron chi connectivity index (χ0n) is 17.9. The average Bonchev–Trinajstić information content (AvgIpc) is 3.46. The third kappa shape index (κ3) is 3.32. The lowest BCUT2D eigenvalue weighted by Gasteiger charge is -2.32. The lowest BCUT2D eigenvalue weighted by molar-refractivity contribution is 0.320. The van der Waals surface area contributed by atoms with Gasteiger partial charge in [0.05, 0.1) is 29.3 Å². The second-order valence-electron chi connectivity index (χ2n) is 7.87. The Morgan fingerprint density at radius 2 is 1.90 bits per heavy atom. The van der Waals surface area contributed by atoms with Crippen LogP contribution in [0.2, 0.25) is 0 Å². The van der Waals surface area contributed by atoms with Crippen LogP contribution in [0.1, 0.15) is 24.0 Å². The summed E-state index contributed by atoms with van der Waals surface area (Å²) in [5.41, 5.74) is 6.19. The number of imidazole rings is 1. The fraction of sp³-hybridized carbons (Fsp3) is 0.192. The molecule has 5 heteroatoms. The summed E-state index contributed by atoms with van der Waals surface area (Å²) in [6.07, 6.45) is 1.94. The summed E-state index contributed by atoms with van der Waals surface area (Å²) < 4.78 is 2.36. The van der Waals surface area contributed by atoms with Gasteiger partial charge in [0.1, 0.15) is 11.5 Å². The fourth-order valence-corrected chi connectivity index (χ4v) is 4.44. The quantitative estimate of drug-likeness (QED) is 0.466. The van der Waals surface area contributed by atoms with Gasteiger partial charge in [0.15, 0.2) is 0 Å². The molecule has 1 aliphatic rings. The smallest absolute Gasteiger partial charge is 0.141 e. The van der Waals surface area contributed by atoms with Crippen LogP contribution in [0.3, 0.4) is 0 Å². The van der Waals surface area contributed by atoms with Crippen LogP contribution >= 0.6 is 0 Å². The SMILES string of the molecule is C=C(NCC)c1nc(-c2cccc3ccccc23)n2c1CN(C(=C)c1ccc[nH]1)CC2. The maximum Gasteiger partial charge on any atom is 0.141 e. The third-order valence-electron chi connectivity index (χ3n) is 6.00. The highest BCUT2D eigenvalue weighted by Gasteiger charge is 2.27. The fourth-order valence-electron chi connectivity index (χ4n) is 4.44. The number of aromatic amines is 1.